The van der Waals surface area contributed by atoms with E-state index in [2.05, 4.69) is 15.6 Å². The van der Waals surface area contributed by atoms with Crippen molar-refractivity contribution >= 4 is 39.8 Å². The number of sulfone groups is 1. The minimum absolute atomic E-state index is 0. The van der Waals surface area contributed by atoms with Crippen LogP contribution in [-0.4, -0.2) is 33.7 Å². The molecule has 0 unspecified atom stereocenters. The number of benzene rings is 2. The lowest BCUT2D eigenvalue weighted by Crippen LogP contribution is -2.37. The minimum Gasteiger partial charge on any atom is -0.356 e. The summed E-state index contributed by atoms with van der Waals surface area (Å²) in [6.45, 7) is 2.73. The number of nitrogens with zero attached hydrogens (tertiary/aromatic N) is 1. The summed E-state index contributed by atoms with van der Waals surface area (Å²) in [4.78, 5) is 4.12. The summed E-state index contributed by atoms with van der Waals surface area (Å²) in [6, 6.07) is 14.1. The highest BCUT2D eigenvalue weighted by Gasteiger charge is 2.11. The second kappa shape index (κ2) is 12.0. The van der Waals surface area contributed by atoms with Gasteiger partial charge in [-0.1, -0.05) is 42.5 Å². The number of hydrogen-bond acceptors (Lipinski definition) is 3. The van der Waals surface area contributed by atoms with Crippen molar-refractivity contribution in [3.8, 4) is 0 Å². The second-order valence-electron chi connectivity index (χ2n) is 6.37. The van der Waals surface area contributed by atoms with Gasteiger partial charge in [0.2, 0.25) is 0 Å². The number of aryl methyl sites for hydroxylation is 1. The van der Waals surface area contributed by atoms with Gasteiger partial charge in [0.05, 0.1) is 11.5 Å². The van der Waals surface area contributed by atoms with Crippen molar-refractivity contribution in [3.63, 3.8) is 0 Å². The maximum Gasteiger partial charge on any atom is 0.191 e. The van der Waals surface area contributed by atoms with Gasteiger partial charge in [-0.2, -0.15) is 0 Å². The van der Waals surface area contributed by atoms with E-state index in [0.717, 1.165) is 11.1 Å². The first kappa shape index (κ1) is 24.4. The monoisotopic (exact) mass is 519 g/mol. The van der Waals surface area contributed by atoms with Gasteiger partial charge in [-0.15, -0.1) is 24.0 Å². The van der Waals surface area contributed by atoms with Crippen molar-refractivity contribution in [1.29, 1.82) is 0 Å². The number of guanidine groups is 1. The van der Waals surface area contributed by atoms with Crippen molar-refractivity contribution in [1.82, 2.24) is 10.6 Å². The molecule has 0 saturated carbocycles. The molecule has 0 bridgehead atoms. The lowest BCUT2D eigenvalue weighted by Gasteiger charge is -2.12. The Balaban J connectivity index is 0.00000392. The predicted octanol–water partition coefficient (Wildman–Crippen LogP) is 3.42. The standard InChI is InChI=1S/C20H26FN3O2S.HI/c1-16-13-18(9-10-19(16)21)14-24-20(22-2)23-11-6-12-27(25,26)15-17-7-4-3-5-8-17;/h3-5,7-10,13H,6,11-12,14-15H2,1-2H3,(H2,22,23,24);1H. The summed E-state index contributed by atoms with van der Waals surface area (Å²) in [5, 5.41) is 6.24. The van der Waals surface area contributed by atoms with Crippen LogP contribution in [0.5, 0.6) is 0 Å². The molecule has 0 aliphatic rings. The lowest BCUT2D eigenvalue weighted by atomic mass is 10.1. The normalized spacial score (nSPS) is 11.6. The third-order valence-electron chi connectivity index (χ3n) is 4.06. The van der Waals surface area contributed by atoms with Crippen molar-refractivity contribution in [3.05, 3.63) is 71.0 Å². The molecular formula is C20H27FIN3O2S. The second-order valence-corrected chi connectivity index (χ2v) is 8.55. The molecule has 0 aliphatic heterocycles. The van der Waals surface area contributed by atoms with Crippen LogP contribution in [0.4, 0.5) is 4.39 Å². The van der Waals surface area contributed by atoms with Gasteiger partial charge in [-0.3, -0.25) is 4.99 Å². The largest absolute Gasteiger partial charge is 0.356 e. The third-order valence-corrected chi connectivity index (χ3v) is 5.74. The summed E-state index contributed by atoms with van der Waals surface area (Å²) in [7, 11) is -1.49. The highest BCUT2D eigenvalue weighted by atomic mass is 127. The molecule has 0 radical (unpaired) electrons. The molecule has 8 heteroatoms. The molecule has 28 heavy (non-hydrogen) atoms. The van der Waals surface area contributed by atoms with Crippen LogP contribution in [0.1, 0.15) is 23.1 Å². The Bertz CT molecular complexity index is 874. The smallest absolute Gasteiger partial charge is 0.191 e. The van der Waals surface area contributed by atoms with Gasteiger partial charge in [0.1, 0.15) is 5.82 Å². The summed E-state index contributed by atoms with van der Waals surface area (Å²) >= 11 is 0. The minimum atomic E-state index is -3.14. The number of hydrogen-bond donors (Lipinski definition) is 2. The summed E-state index contributed by atoms with van der Waals surface area (Å²) < 4.78 is 37.7. The van der Waals surface area contributed by atoms with Crippen LogP contribution in [-0.2, 0) is 22.1 Å². The van der Waals surface area contributed by atoms with E-state index in [-0.39, 0.29) is 41.3 Å². The molecule has 0 amide bonds. The predicted molar refractivity (Wildman–Crippen MR) is 123 cm³/mol. The SMILES string of the molecule is CN=C(NCCCS(=O)(=O)Cc1ccccc1)NCc1ccc(F)c(C)c1.I. The van der Waals surface area contributed by atoms with Gasteiger partial charge >= 0.3 is 0 Å². The molecule has 2 aromatic rings. The van der Waals surface area contributed by atoms with Crippen molar-refractivity contribution in [2.75, 3.05) is 19.3 Å². The maximum absolute atomic E-state index is 13.3. The van der Waals surface area contributed by atoms with E-state index in [4.69, 9.17) is 0 Å². The highest BCUT2D eigenvalue weighted by Crippen LogP contribution is 2.09. The zero-order valence-electron chi connectivity index (χ0n) is 16.1. The van der Waals surface area contributed by atoms with Crippen LogP contribution < -0.4 is 10.6 Å². The van der Waals surface area contributed by atoms with E-state index in [1.807, 2.05) is 30.3 Å². The first-order valence-electron chi connectivity index (χ1n) is 8.83. The number of nitrogens with one attached hydrogen (secondary N) is 2. The molecule has 2 rings (SSSR count). The molecule has 2 N–H and O–H groups in total. The molecule has 0 fully saturated rings. The van der Waals surface area contributed by atoms with E-state index in [0.29, 0.717) is 31.0 Å². The van der Waals surface area contributed by atoms with Crippen molar-refractivity contribution in [2.45, 2.75) is 25.6 Å². The molecule has 5 nitrogen and oxygen atoms in total. The van der Waals surface area contributed by atoms with Gasteiger partial charge in [0.15, 0.2) is 15.8 Å². The Morgan fingerprint density at radius 3 is 2.43 bits per heavy atom. The summed E-state index contributed by atoms with van der Waals surface area (Å²) in [6.07, 6.45) is 0.492. The highest BCUT2D eigenvalue weighted by molar-refractivity contribution is 14.0. The number of aliphatic imine (C=N–C) groups is 1. The van der Waals surface area contributed by atoms with Crippen molar-refractivity contribution < 1.29 is 12.8 Å². The first-order valence-corrected chi connectivity index (χ1v) is 10.7. The molecule has 2 aromatic carbocycles. The Morgan fingerprint density at radius 1 is 1.07 bits per heavy atom. The maximum atomic E-state index is 13.3. The third kappa shape index (κ3) is 8.55. The fraction of sp³-hybridized carbons (Fsp3) is 0.350. The first-order chi connectivity index (χ1) is 12.9. The Hall–Kier alpha value is -1.68. The molecule has 0 aliphatic carbocycles. The fourth-order valence-corrected chi connectivity index (χ4v) is 4.05. The van der Waals surface area contributed by atoms with Gasteiger partial charge < -0.3 is 10.6 Å². The molecule has 0 aromatic heterocycles. The van der Waals surface area contributed by atoms with Crippen LogP contribution in [0.3, 0.4) is 0 Å². The molecule has 154 valence electrons. The molecular weight excluding hydrogens is 492 g/mol. The Labute approximate surface area is 183 Å². The van der Waals surface area contributed by atoms with Crippen LogP contribution in [0, 0.1) is 12.7 Å². The molecule has 0 atom stereocenters. The zero-order chi connectivity index (χ0) is 19.7. The average Bonchev–Trinajstić information content (AvgIpc) is 2.64. The van der Waals surface area contributed by atoms with Gasteiger partial charge in [0, 0.05) is 20.1 Å². The van der Waals surface area contributed by atoms with Gasteiger partial charge in [0.25, 0.3) is 0 Å². The van der Waals surface area contributed by atoms with Gasteiger partial charge in [-0.25, -0.2) is 12.8 Å². The Morgan fingerprint density at radius 2 is 1.79 bits per heavy atom. The van der Waals surface area contributed by atoms with Crippen LogP contribution in [0.15, 0.2) is 53.5 Å². The van der Waals surface area contributed by atoms with E-state index in [1.165, 1.54) is 6.07 Å². The fourth-order valence-electron chi connectivity index (χ4n) is 2.62. The van der Waals surface area contributed by atoms with E-state index in [9.17, 15) is 12.8 Å². The Kier molecular flexibility index (Phi) is 10.4. The molecule has 0 heterocycles. The van der Waals surface area contributed by atoms with Gasteiger partial charge in [-0.05, 0) is 36.1 Å². The van der Waals surface area contributed by atoms with E-state index in [1.54, 1.807) is 26.1 Å². The molecule has 0 spiro atoms. The lowest BCUT2D eigenvalue weighted by molar-refractivity contribution is 0.591. The van der Waals surface area contributed by atoms with Crippen LogP contribution in [0.2, 0.25) is 0 Å². The average molecular weight is 519 g/mol. The van der Waals surface area contributed by atoms with Crippen LogP contribution >= 0.6 is 24.0 Å². The number of halogens is 2. The van der Waals surface area contributed by atoms with E-state index < -0.39 is 9.84 Å². The van der Waals surface area contributed by atoms with E-state index >= 15 is 0 Å². The number of rotatable bonds is 8. The topological polar surface area (TPSA) is 70.6 Å². The zero-order valence-corrected chi connectivity index (χ0v) is 19.3. The van der Waals surface area contributed by atoms with Crippen molar-refractivity contribution in [2.24, 2.45) is 4.99 Å². The summed E-state index contributed by atoms with van der Waals surface area (Å²) in [5.41, 5.74) is 2.35. The summed E-state index contributed by atoms with van der Waals surface area (Å²) in [5.74, 6) is 0.531. The van der Waals surface area contributed by atoms with Crippen LogP contribution in [0.25, 0.3) is 0 Å². The quantitative estimate of drug-likeness (QED) is 0.243. The molecule has 0 saturated heterocycles.